The molecule has 0 saturated carbocycles. The Hall–Kier alpha value is -1.09. The van der Waals surface area contributed by atoms with Gasteiger partial charge in [0.1, 0.15) is 24.5 Å². The number of carbonyl (C=O) groups excluding carboxylic acids is 1. The van der Waals surface area contributed by atoms with E-state index in [1.54, 1.807) is 0 Å². The molecule has 14 heavy (non-hydrogen) atoms. The van der Waals surface area contributed by atoms with Crippen molar-refractivity contribution in [1.29, 1.82) is 0 Å². The van der Waals surface area contributed by atoms with Crippen LogP contribution in [0.1, 0.15) is 0 Å². The van der Waals surface area contributed by atoms with Crippen LogP contribution in [-0.2, 0) is 9.63 Å². The lowest BCUT2D eigenvalue weighted by molar-refractivity contribution is -0.127. The van der Waals surface area contributed by atoms with Crippen molar-refractivity contribution in [3.05, 3.63) is 4.91 Å². The maximum absolute atomic E-state index is 10.2. The topological polar surface area (TPSA) is 142 Å². The first-order chi connectivity index (χ1) is 6.58. The quantitative estimate of drug-likeness (QED) is 0.202. The van der Waals surface area contributed by atoms with Crippen molar-refractivity contribution >= 4 is 6.29 Å². The lowest BCUT2D eigenvalue weighted by atomic mass is 10.0. The van der Waals surface area contributed by atoms with Crippen LogP contribution in [-0.4, -0.2) is 52.6 Å². The Balaban J connectivity index is 4.45. The Labute approximate surface area is 79.2 Å². The summed E-state index contributed by atoms with van der Waals surface area (Å²) in [6, 6.07) is -1.32. The molecule has 0 unspecified atom stereocenters. The zero-order valence-corrected chi connectivity index (χ0v) is 7.18. The highest BCUT2D eigenvalue weighted by atomic mass is 16.7. The number of hydrogen-bond donors (Lipinski definition) is 4. The normalized spacial score (nSPS) is 19.1. The number of aldehydes is 1. The number of nitrogens with zero attached hydrogens (tertiary/aromatic N) is 1. The molecule has 0 aromatic rings. The monoisotopic (exact) mass is 208 g/mol. The van der Waals surface area contributed by atoms with E-state index in [0.29, 0.717) is 0 Å². The highest BCUT2D eigenvalue weighted by molar-refractivity contribution is 5.58. The van der Waals surface area contributed by atoms with E-state index in [4.69, 9.17) is 15.9 Å². The summed E-state index contributed by atoms with van der Waals surface area (Å²) < 4.78 is 0. The number of aliphatic hydroxyl groups excluding tert-OH is 3. The Morgan fingerprint density at radius 2 is 2.07 bits per heavy atom. The third kappa shape index (κ3) is 3.34. The summed E-state index contributed by atoms with van der Waals surface area (Å²) in [4.78, 5) is 24.1. The smallest absolute Gasteiger partial charge is 0.180 e. The number of carbonyl (C=O) groups is 1. The van der Waals surface area contributed by atoms with Gasteiger partial charge in [-0.15, -0.1) is 4.91 Å². The molecule has 0 rings (SSSR count). The van der Waals surface area contributed by atoms with Gasteiger partial charge in [-0.1, -0.05) is 0 Å². The molecule has 0 radical (unpaired) electrons. The van der Waals surface area contributed by atoms with Gasteiger partial charge in [0.15, 0.2) is 11.4 Å². The summed E-state index contributed by atoms with van der Waals surface area (Å²) in [5.74, 6) is 0. The van der Waals surface area contributed by atoms with Gasteiger partial charge < -0.3 is 30.7 Å². The van der Waals surface area contributed by atoms with Crippen molar-refractivity contribution in [2.75, 3.05) is 6.61 Å². The van der Waals surface area contributed by atoms with E-state index < -0.39 is 31.0 Å². The zero-order valence-electron chi connectivity index (χ0n) is 7.18. The number of rotatable bonds is 7. The van der Waals surface area contributed by atoms with Gasteiger partial charge in [-0.25, -0.2) is 0 Å². The molecular formula is C6H12N2O6. The third-order valence-corrected chi connectivity index (χ3v) is 1.62. The molecule has 0 saturated heterocycles. The van der Waals surface area contributed by atoms with E-state index >= 15 is 0 Å². The maximum Gasteiger partial charge on any atom is 0.180 e. The van der Waals surface area contributed by atoms with Gasteiger partial charge in [-0.05, 0) is 0 Å². The van der Waals surface area contributed by atoms with Crippen LogP contribution in [0.3, 0.4) is 0 Å². The molecular weight excluding hydrogens is 196 g/mol. The molecule has 8 heteroatoms. The number of nitrogens with two attached hydrogens (primary N) is 1. The van der Waals surface area contributed by atoms with Crippen LogP contribution < -0.4 is 5.73 Å². The average molecular weight is 208 g/mol. The summed E-state index contributed by atoms with van der Waals surface area (Å²) in [6.45, 7) is -0.758. The van der Waals surface area contributed by atoms with Crippen LogP contribution >= 0.6 is 0 Å². The number of hydrogen-bond acceptors (Lipinski definition) is 8. The fourth-order valence-electron chi connectivity index (χ4n) is 0.814. The Morgan fingerprint density at radius 3 is 2.43 bits per heavy atom. The van der Waals surface area contributed by atoms with E-state index in [9.17, 15) is 14.8 Å². The SMILES string of the molecule is N[C@@H](C=O)[C@@H](ON=O)[C@H](O)[C@H](O)CO. The standard InChI is InChI=1S/C6H12N2O6/c7-3(1-9)6(14-8-13)5(12)4(11)2-10/h1,3-6,10-12H,2,7H2/t3-,4+,5+,6+/m0/s1. The average Bonchev–Trinajstić information content (AvgIpc) is 2.22. The van der Waals surface area contributed by atoms with Gasteiger partial charge in [-0.3, -0.25) is 0 Å². The molecule has 4 atom stereocenters. The largest absolute Gasteiger partial charge is 0.394 e. The fraction of sp³-hybridized carbons (Fsp3) is 0.833. The Morgan fingerprint density at radius 1 is 1.50 bits per heavy atom. The molecule has 8 nitrogen and oxygen atoms in total. The molecule has 82 valence electrons. The minimum Gasteiger partial charge on any atom is -0.394 e. The molecule has 0 aliphatic rings. The van der Waals surface area contributed by atoms with Crippen LogP contribution in [0.25, 0.3) is 0 Å². The van der Waals surface area contributed by atoms with Crippen molar-refractivity contribution in [3.63, 3.8) is 0 Å². The Kier molecular flexibility index (Phi) is 5.88. The van der Waals surface area contributed by atoms with Crippen LogP contribution in [0.5, 0.6) is 0 Å². The molecule has 0 fully saturated rings. The van der Waals surface area contributed by atoms with Crippen molar-refractivity contribution in [3.8, 4) is 0 Å². The van der Waals surface area contributed by atoms with E-state index in [0.717, 1.165) is 0 Å². The van der Waals surface area contributed by atoms with Crippen molar-refractivity contribution < 1.29 is 25.0 Å². The maximum atomic E-state index is 10.2. The fourth-order valence-corrected chi connectivity index (χ4v) is 0.814. The van der Waals surface area contributed by atoms with Gasteiger partial charge in [0, 0.05) is 0 Å². The van der Waals surface area contributed by atoms with Gasteiger partial charge in [0.05, 0.1) is 6.61 Å². The van der Waals surface area contributed by atoms with Gasteiger partial charge in [-0.2, -0.15) is 0 Å². The third-order valence-electron chi connectivity index (χ3n) is 1.62. The highest BCUT2D eigenvalue weighted by Crippen LogP contribution is 2.07. The minimum absolute atomic E-state index is 0.225. The van der Waals surface area contributed by atoms with Gasteiger partial charge in [0.25, 0.3) is 0 Å². The lowest BCUT2D eigenvalue weighted by Crippen LogP contribution is -2.50. The predicted octanol–water partition coefficient (Wildman–Crippen LogP) is -2.71. The summed E-state index contributed by atoms with van der Waals surface area (Å²) in [7, 11) is 0. The van der Waals surface area contributed by atoms with E-state index in [2.05, 4.69) is 4.84 Å². The summed E-state index contributed by atoms with van der Waals surface area (Å²) in [5, 5.41) is 28.7. The lowest BCUT2D eigenvalue weighted by Gasteiger charge is -2.24. The van der Waals surface area contributed by atoms with Crippen LogP contribution in [0.15, 0.2) is 5.34 Å². The highest BCUT2D eigenvalue weighted by Gasteiger charge is 2.33. The second kappa shape index (κ2) is 6.38. The second-order valence-electron chi connectivity index (χ2n) is 2.60. The molecule has 0 amide bonds. The molecule has 5 N–H and O–H groups in total. The number of aliphatic hydroxyl groups is 3. The predicted molar refractivity (Wildman–Crippen MR) is 43.8 cm³/mol. The molecule has 0 heterocycles. The second-order valence-corrected chi connectivity index (χ2v) is 2.60. The summed E-state index contributed by atoms with van der Waals surface area (Å²) in [6.07, 6.45) is -4.49. The van der Waals surface area contributed by atoms with Crippen molar-refractivity contribution in [2.45, 2.75) is 24.4 Å². The first kappa shape index (κ1) is 12.9. The van der Waals surface area contributed by atoms with Crippen molar-refractivity contribution in [1.82, 2.24) is 0 Å². The molecule has 0 aliphatic carbocycles. The van der Waals surface area contributed by atoms with E-state index in [-0.39, 0.29) is 6.29 Å². The summed E-state index contributed by atoms with van der Waals surface area (Å²) in [5.41, 5.74) is 5.15. The van der Waals surface area contributed by atoms with Gasteiger partial charge >= 0.3 is 0 Å². The van der Waals surface area contributed by atoms with E-state index in [1.807, 2.05) is 5.34 Å². The van der Waals surface area contributed by atoms with Crippen LogP contribution in [0.2, 0.25) is 0 Å². The summed E-state index contributed by atoms with van der Waals surface area (Å²) >= 11 is 0. The minimum atomic E-state index is -1.67. The molecule has 0 spiro atoms. The van der Waals surface area contributed by atoms with Gasteiger partial charge in [0.2, 0.25) is 0 Å². The molecule has 0 aliphatic heterocycles. The Bertz CT molecular complexity index is 189. The molecule has 0 aromatic heterocycles. The molecule has 0 bridgehead atoms. The first-order valence-corrected chi connectivity index (χ1v) is 3.74. The van der Waals surface area contributed by atoms with E-state index in [1.165, 1.54) is 0 Å². The van der Waals surface area contributed by atoms with Crippen LogP contribution in [0, 0.1) is 4.91 Å². The first-order valence-electron chi connectivity index (χ1n) is 3.74. The zero-order chi connectivity index (χ0) is 11.1. The molecule has 0 aromatic carbocycles. The van der Waals surface area contributed by atoms with Crippen molar-refractivity contribution in [2.24, 2.45) is 11.1 Å². The van der Waals surface area contributed by atoms with Crippen LogP contribution in [0.4, 0.5) is 0 Å².